The van der Waals surface area contributed by atoms with Gasteiger partial charge in [0.2, 0.25) is 0 Å². The lowest BCUT2D eigenvalue weighted by atomic mass is 10.1. The quantitative estimate of drug-likeness (QED) is 0.908. The monoisotopic (exact) mass is 276 g/mol. The van der Waals surface area contributed by atoms with Crippen LogP contribution in [0.4, 0.5) is 4.39 Å². The van der Waals surface area contributed by atoms with E-state index >= 15 is 0 Å². The van der Waals surface area contributed by atoms with Gasteiger partial charge in [0.25, 0.3) is 0 Å². The van der Waals surface area contributed by atoms with Crippen LogP contribution in [0.15, 0.2) is 42.5 Å². The zero-order valence-corrected chi connectivity index (χ0v) is 11.5. The smallest absolute Gasteiger partial charge is 0.132 e. The molecule has 0 saturated heterocycles. The highest BCUT2D eigenvalue weighted by molar-refractivity contribution is 5.31. The van der Waals surface area contributed by atoms with Crippen LogP contribution in [0.5, 0.6) is 11.5 Å². The minimum absolute atomic E-state index is 0.263. The van der Waals surface area contributed by atoms with Crippen LogP contribution in [0.3, 0.4) is 0 Å². The highest BCUT2D eigenvalue weighted by Gasteiger charge is 2.09. The molecule has 0 saturated carbocycles. The van der Waals surface area contributed by atoms with Crippen LogP contribution in [0.25, 0.3) is 0 Å². The topological polar surface area (TPSA) is 38.7 Å². The minimum atomic E-state index is -0.831. The van der Waals surface area contributed by atoms with Crippen molar-refractivity contribution < 1.29 is 19.0 Å². The summed E-state index contributed by atoms with van der Waals surface area (Å²) < 4.78 is 24.3. The molecule has 0 aliphatic carbocycles. The molecule has 106 valence electrons. The van der Waals surface area contributed by atoms with Crippen molar-refractivity contribution in [2.75, 3.05) is 7.11 Å². The fourth-order valence-corrected chi connectivity index (χ4v) is 1.87. The van der Waals surface area contributed by atoms with Gasteiger partial charge in [-0.1, -0.05) is 12.1 Å². The van der Waals surface area contributed by atoms with Crippen molar-refractivity contribution in [2.45, 2.75) is 19.6 Å². The van der Waals surface area contributed by atoms with Gasteiger partial charge in [-0.2, -0.15) is 0 Å². The molecule has 2 aromatic carbocycles. The number of benzene rings is 2. The maximum absolute atomic E-state index is 13.7. The molecule has 0 fully saturated rings. The van der Waals surface area contributed by atoms with Crippen molar-refractivity contribution in [1.82, 2.24) is 0 Å². The molecule has 0 aliphatic heterocycles. The highest BCUT2D eigenvalue weighted by Crippen LogP contribution is 2.22. The van der Waals surface area contributed by atoms with Crippen LogP contribution >= 0.6 is 0 Å². The molecule has 0 bridgehead atoms. The maximum Gasteiger partial charge on any atom is 0.132 e. The first kappa shape index (κ1) is 14.3. The average molecular weight is 276 g/mol. The fourth-order valence-electron chi connectivity index (χ4n) is 1.87. The second-order valence-corrected chi connectivity index (χ2v) is 4.50. The Morgan fingerprint density at radius 1 is 1.15 bits per heavy atom. The van der Waals surface area contributed by atoms with Gasteiger partial charge >= 0.3 is 0 Å². The van der Waals surface area contributed by atoms with E-state index in [0.29, 0.717) is 12.4 Å². The Kier molecular flexibility index (Phi) is 4.58. The fraction of sp³-hybridized carbons (Fsp3) is 0.250. The summed E-state index contributed by atoms with van der Waals surface area (Å²) in [6.45, 7) is 1.85. The van der Waals surface area contributed by atoms with E-state index in [4.69, 9.17) is 9.47 Å². The van der Waals surface area contributed by atoms with Gasteiger partial charge in [-0.05, 0) is 36.8 Å². The summed E-state index contributed by atoms with van der Waals surface area (Å²) in [4.78, 5) is 0. The van der Waals surface area contributed by atoms with Crippen molar-refractivity contribution in [3.63, 3.8) is 0 Å². The molecule has 0 aromatic heterocycles. The van der Waals surface area contributed by atoms with Crippen molar-refractivity contribution >= 4 is 0 Å². The molecule has 1 atom stereocenters. The molecule has 0 amide bonds. The summed E-state index contributed by atoms with van der Waals surface area (Å²) in [6.07, 6.45) is -0.831. The number of rotatable bonds is 5. The van der Waals surface area contributed by atoms with Gasteiger partial charge < -0.3 is 14.6 Å². The number of halogens is 1. The Morgan fingerprint density at radius 2 is 1.95 bits per heavy atom. The predicted octanol–water partition coefficient (Wildman–Crippen LogP) is 3.47. The highest BCUT2D eigenvalue weighted by atomic mass is 19.1. The van der Waals surface area contributed by atoms with Gasteiger partial charge in [-0.25, -0.2) is 4.39 Å². The number of hydrogen-bond donors (Lipinski definition) is 1. The van der Waals surface area contributed by atoms with Crippen molar-refractivity contribution in [3.05, 3.63) is 59.4 Å². The summed E-state index contributed by atoms with van der Waals surface area (Å²) in [5.41, 5.74) is 1.20. The molecule has 0 heterocycles. The Hall–Kier alpha value is -2.07. The van der Waals surface area contributed by atoms with E-state index in [0.717, 1.165) is 11.3 Å². The first-order valence-electron chi connectivity index (χ1n) is 6.33. The predicted molar refractivity (Wildman–Crippen MR) is 74.4 cm³/mol. The third-order valence-electron chi connectivity index (χ3n) is 2.96. The lowest BCUT2D eigenvalue weighted by Crippen LogP contribution is -1.99. The Morgan fingerprint density at radius 3 is 2.60 bits per heavy atom. The van der Waals surface area contributed by atoms with E-state index in [-0.39, 0.29) is 5.56 Å². The first-order chi connectivity index (χ1) is 9.60. The largest absolute Gasteiger partial charge is 0.497 e. The second kappa shape index (κ2) is 6.39. The van der Waals surface area contributed by atoms with Gasteiger partial charge in [0.15, 0.2) is 0 Å². The number of aliphatic hydroxyl groups is 1. The molecule has 0 spiro atoms. The van der Waals surface area contributed by atoms with E-state index in [1.165, 1.54) is 19.1 Å². The third kappa shape index (κ3) is 3.48. The molecule has 0 aliphatic rings. The molecule has 4 heteroatoms. The molecular weight excluding hydrogens is 259 g/mol. The van der Waals surface area contributed by atoms with Crippen molar-refractivity contribution in [2.24, 2.45) is 0 Å². The van der Waals surface area contributed by atoms with Crippen LogP contribution in [0, 0.1) is 5.82 Å². The average Bonchev–Trinajstić information content (AvgIpc) is 2.45. The van der Waals surface area contributed by atoms with E-state index in [1.54, 1.807) is 13.2 Å². The molecular formula is C16H17FO3. The molecule has 1 N–H and O–H groups in total. The molecule has 2 aromatic rings. The van der Waals surface area contributed by atoms with E-state index in [1.807, 2.05) is 24.3 Å². The first-order valence-corrected chi connectivity index (χ1v) is 6.33. The van der Waals surface area contributed by atoms with Crippen LogP contribution in [-0.2, 0) is 6.61 Å². The normalized spacial score (nSPS) is 12.0. The number of aliphatic hydroxyl groups excluding tert-OH is 1. The van der Waals surface area contributed by atoms with Crippen LogP contribution in [0.2, 0.25) is 0 Å². The van der Waals surface area contributed by atoms with Crippen LogP contribution in [0.1, 0.15) is 24.2 Å². The maximum atomic E-state index is 13.7. The second-order valence-electron chi connectivity index (χ2n) is 4.50. The van der Waals surface area contributed by atoms with Gasteiger partial charge in [-0.15, -0.1) is 0 Å². The number of methoxy groups -OCH3 is 1. The standard InChI is InChI=1S/C16H17FO3/c1-11(18)15-7-6-14(9-16(15)17)20-10-12-4-3-5-13(8-12)19-2/h3-9,11,18H,10H2,1-2H3/t11-/m1/s1. The lowest BCUT2D eigenvalue weighted by molar-refractivity contribution is 0.194. The van der Waals surface area contributed by atoms with Crippen LogP contribution in [-0.4, -0.2) is 12.2 Å². The summed E-state index contributed by atoms with van der Waals surface area (Å²) in [5, 5.41) is 9.37. The molecule has 3 nitrogen and oxygen atoms in total. The van der Waals surface area contributed by atoms with E-state index < -0.39 is 11.9 Å². The SMILES string of the molecule is COc1cccc(COc2ccc([C@@H](C)O)c(F)c2)c1. The van der Waals surface area contributed by atoms with E-state index in [9.17, 15) is 9.50 Å². The Bertz CT molecular complexity index is 582. The minimum Gasteiger partial charge on any atom is -0.497 e. The molecule has 20 heavy (non-hydrogen) atoms. The van der Waals surface area contributed by atoms with Crippen molar-refractivity contribution in [3.8, 4) is 11.5 Å². The Balaban J connectivity index is 2.05. The van der Waals surface area contributed by atoms with Gasteiger partial charge in [-0.3, -0.25) is 0 Å². The van der Waals surface area contributed by atoms with Crippen molar-refractivity contribution in [1.29, 1.82) is 0 Å². The molecule has 0 radical (unpaired) electrons. The summed E-state index contributed by atoms with van der Waals surface area (Å²) >= 11 is 0. The van der Waals surface area contributed by atoms with Gasteiger partial charge in [0.1, 0.15) is 23.9 Å². The number of ether oxygens (including phenoxy) is 2. The van der Waals surface area contributed by atoms with E-state index in [2.05, 4.69) is 0 Å². The molecule has 0 unspecified atom stereocenters. The molecule has 2 rings (SSSR count). The van der Waals surface area contributed by atoms with Gasteiger partial charge in [0, 0.05) is 11.6 Å². The Labute approximate surface area is 117 Å². The zero-order chi connectivity index (χ0) is 14.5. The lowest BCUT2D eigenvalue weighted by Gasteiger charge is -2.10. The summed E-state index contributed by atoms with van der Waals surface area (Å²) in [5.74, 6) is 0.708. The third-order valence-corrected chi connectivity index (χ3v) is 2.96. The zero-order valence-electron chi connectivity index (χ0n) is 11.5. The van der Waals surface area contributed by atoms with Gasteiger partial charge in [0.05, 0.1) is 13.2 Å². The number of hydrogen-bond acceptors (Lipinski definition) is 3. The summed E-state index contributed by atoms with van der Waals surface area (Å²) in [7, 11) is 1.60. The van der Waals surface area contributed by atoms with Crippen LogP contribution < -0.4 is 9.47 Å². The summed E-state index contributed by atoms with van der Waals surface area (Å²) in [6, 6.07) is 11.9.